The van der Waals surface area contributed by atoms with E-state index in [0.29, 0.717) is 0 Å². The van der Waals surface area contributed by atoms with Crippen molar-refractivity contribution in [2.75, 3.05) is 0 Å². The van der Waals surface area contributed by atoms with Gasteiger partial charge in [0.2, 0.25) is 0 Å². The van der Waals surface area contributed by atoms with Gasteiger partial charge in [-0.3, -0.25) is 9.59 Å². The number of halogens is 3. The van der Waals surface area contributed by atoms with Gasteiger partial charge in [-0.1, -0.05) is 66.5 Å². The number of nitriles is 2. The molecule has 6 nitrogen and oxygen atoms in total. The molecule has 0 fully saturated rings. The Morgan fingerprint density at radius 3 is 1.33 bits per heavy atom. The summed E-state index contributed by atoms with van der Waals surface area (Å²) in [5, 5.41) is 30.7. The van der Waals surface area contributed by atoms with Crippen LogP contribution in [0.4, 0.5) is 0 Å². The van der Waals surface area contributed by atoms with E-state index < -0.39 is 11.9 Å². The normalized spacial score (nSPS) is 8.31. The first-order valence-electron chi connectivity index (χ1n) is 9.79. The van der Waals surface area contributed by atoms with Crippen LogP contribution in [0.5, 0.6) is 0 Å². The monoisotopic (exact) mass is 776 g/mol. The third-order valence-electron chi connectivity index (χ3n) is 3.30. The van der Waals surface area contributed by atoms with Crippen LogP contribution in [0, 0.1) is 50.4 Å². The van der Waals surface area contributed by atoms with Crippen LogP contribution in [0.15, 0.2) is 56.4 Å². The van der Waals surface area contributed by atoms with Gasteiger partial charge in [-0.25, -0.2) is 0 Å². The van der Waals surface area contributed by atoms with Crippen LogP contribution in [0.1, 0.15) is 41.7 Å². The van der Waals surface area contributed by atoms with Crippen molar-refractivity contribution in [2.45, 2.75) is 41.5 Å². The first kappa shape index (κ1) is 41.1. The molecular formula is C26H29Br3N2O4Pd. The molecule has 0 aromatic heterocycles. The molecule has 198 valence electrons. The fraction of sp³-hybridized carbons (Fsp3) is 0.231. The molecule has 10 heteroatoms. The molecule has 0 aliphatic rings. The van der Waals surface area contributed by atoms with Gasteiger partial charge in [0.15, 0.2) is 0 Å². The molecule has 0 atom stereocenters. The number of carbonyl (C=O) groups is 2. The van der Waals surface area contributed by atoms with E-state index in [1.54, 1.807) is 6.07 Å². The Labute approximate surface area is 252 Å². The minimum Gasteiger partial charge on any atom is -0.481 e. The summed E-state index contributed by atoms with van der Waals surface area (Å²) < 4.78 is 3.49. The van der Waals surface area contributed by atoms with Crippen LogP contribution in [0.2, 0.25) is 0 Å². The maximum Gasteiger partial charge on any atom is 0.300 e. The SMILES string of the molecule is C=CC#N.CC(=O)O.CC(=O)O.Cc1cc(/C=C/C#N)cc(C)c1Br.Cc1cc(Br)cc(C)c1Br.[Pd]. The number of nitrogens with zero attached hydrogens (tertiary/aromatic N) is 2. The molecule has 2 aromatic rings. The van der Waals surface area contributed by atoms with E-state index in [0.717, 1.165) is 28.4 Å². The van der Waals surface area contributed by atoms with Crippen LogP contribution >= 0.6 is 47.8 Å². The number of hydrogen-bond donors (Lipinski definition) is 2. The van der Waals surface area contributed by atoms with Crippen molar-refractivity contribution in [3.63, 3.8) is 0 Å². The first-order chi connectivity index (χ1) is 16.1. The van der Waals surface area contributed by atoms with E-state index in [2.05, 4.69) is 80.3 Å². The number of hydrogen-bond acceptors (Lipinski definition) is 4. The van der Waals surface area contributed by atoms with Gasteiger partial charge in [0.1, 0.15) is 0 Å². The topological polar surface area (TPSA) is 122 Å². The Balaban J connectivity index is -0.000000197. The minimum absolute atomic E-state index is 0. The van der Waals surface area contributed by atoms with Crippen LogP contribution in [0.3, 0.4) is 0 Å². The van der Waals surface area contributed by atoms with Crippen molar-refractivity contribution in [3.8, 4) is 12.1 Å². The van der Waals surface area contributed by atoms with Gasteiger partial charge in [-0.05, 0) is 73.7 Å². The quantitative estimate of drug-likeness (QED) is 0.222. The van der Waals surface area contributed by atoms with E-state index >= 15 is 0 Å². The van der Waals surface area contributed by atoms with Gasteiger partial charge in [-0.2, -0.15) is 10.5 Å². The maximum atomic E-state index is 9.00. The Bertz CT molecular complexity index is 1040. The van der Waals surface area contributed by atoms with Gasteiger partial charge in [-0.15, -0.1) is 0 Å². The van der Waals surface area contributed by atoms with Crippen molar-refractivity contribution in [1.82, 2.24) is 0 Å². The number of rotatable bonds is 1. The van der Waals surface area contributed by atoms with Gasteiger partial charge < -0.3 is 10.2 Å². The zero-order valence-electron chi connectivity index (χ0n) is 20.8. The molecular weight excluding hydrogens is 750 g/mol. The number of carboxylic acids is 2. The summed E-state index contributed by atoms with van der Waals surface area (Å²) in [7, 11) is 0. The summed E-state index contributed by atoms with van der Waals surface area (Å²) in [6.45, 7) is 13.5. The summed E-state index contributed by atoms with van der Waals surface area (Å²) >= 11 is 10.4. The molecule has 0 amide bonds. The average Bonchev–Trinajstić information content (AvgIpc) is 2.74. The third-order valence-corrected chi connectivity index (χ3v) is 6.26. The van der Waals surface area contributed by atoms with Gasteiger partial charge in [0, 0.05) is 59.8 Å². The molecule has 0 radical (unpaired) electrons. The molecule has 2 rings (SSSR count). The van der Waals surface area contributed by atoms with Gasteiger partial charge in [0.25, 0.3) is 11.9 Å². The number of carboxylic acid groups (broad SMARTS) is 2. The second-order valence-corrected chi connectivity index (χ2v) is 9.16. The predicted octanol–water partition coefficient (Wildman–Crippen LogP) is 8.31. The van der Waals surface area contributed by atoms with E-state index in [-0.39, 0.29) is 20.4 Å². The molecule has 0 bridgehead atoms. The van der Waals surface area contributed by atoms with Crippen molar-refractivity contribution in [3.05, 3.63) is 84.2 Å². The molecule has 2 N–H and O–H groups in total. The second-order valence-electron chi connectivity index (χ2n) is 6.66. The van der Waals surface area contributed by atoms with Crippen molar-refractivity contribution in [2.24, 2.45) is 0 Å². The standard InChI is InChI=1S/C11H10BrN.C8H8Br2.C3H3N.2C2H4O2.Pd/c1-8-6-10(4-3-5-13)7-9(2)11(8)12;1-5-3-7(9)4-6(2)8(5)10;1-2-3-4;2*1-2(3)4;/h3-4,6-7H,1-2H3;3-4H,1-2H3;2H,1H2;2*1H3,(H,3,4);/b4-3+;;;;;. The Hall–Kier alpha value is -2.06. The van der Waals surface area contributed by atoms with Crippen LogP contribution in [0.25, 0.3) is 6.08 Å². The van der Waals surface area contributed by atoms with Gasteiger partial charge in [0.05, 0.1) is 12.1 Å². The summed E-state index contributed by atoms with van der Waals surface area (Å²) in [6, 6.07) is 12.0. The number of aryl methyl sites for hydroxylation is 4. The van der Waals surface area contributed by atoms with E-state index in [1.807, 2.05) is 38.1 Å². The van der Waals surface area contributed by atoms with Gasteiger partial charge >= 0.3 is 0 Å². The molecule has 0 saturated heterocycles. The van der Waals surface area contributed by atoms with E-state index in [1.165, 1.54) is 38.9 Å². The van der Waals surface area contributed by atoms with Crippen molar-refractivity contribution >= 4 is 65.8 Å². The molecule has 0 aliphatic heterocycles. The summed E-state index contributed by atoms with van der Waals surface area (Å²) in [4.78, 5) is 18.0. The maximum absolute atomic E-state index is 9.00. The van der Waals surface area contributed by atoms with Crippen LogP contribution in [-0.2, 0) is 30.0 Å². The van der Waals surface area contributed by atoms with Crippen molar-refractivity contribution < 1.29 is 40.2 Å². The Kier molecular flexibility index (Phi) is 28.1. The fourth-order valence-electron chi connectivity index (χ4n) is 2.10. The molecule has 0 heterocycles. The number of allylic oxidation sites excluding steroid dienone is 2. The summed E-state index contributed by atoms with van der Waals surface area (Å²) in [6.07, 6.45) is 4.48. The largest absolute Gasteiger partial charge is 0.481 e. The minimum atomic E-state index is -0.833. The van der Waals surface area contributed by atoms with E-state index in [4.69, 9.17) is 30.3 Å². The molecule has 0 spiro atoms. The predicted molar refractivity (Wildman–Crippen MR) is 152 cm³/mol. The summed E-state index contributed by atoms with van der Waals surface area (Å²) in [5.74, 6) is -1.67. The van der Waals surface area contributed by atoms with Crippen LogP contribution in [-0.4, -0.2) is 22.2 Å². The number of aliphatic carboxylic acids is 2. The zero-order chi connectivity index (χ0) is 28.1. The summed E-state index contributed by atoms with van der Waals surface area (Å²) in [5.41, 5.74) is 5.99. The van der Waals surface area contributed by atoms with Crippen LogP contribution < -0.4 is 0 Å². The molecule has 0 saturated carbocycles. The van der Waals surface area contributed by atoms with Crippen molar-refractivity contribution in [1.29, 1.82) is 10.5 Å². The molecule has 0 aliphatic carbocycles. The number of benzene rings is 2. The smallest absolute Gasteiger partial charge is 0.300 e. The molecule has 2 aromatic carbocycles. The zero-order valence-corrected chi connectivity index (χ0v) is 27.1. The van der Waals surface area contributed by atoms with E-state index in [9.17, 15) is 0 Å². The second kappa shape index (κ2) is 24.6. The molecule has 0 unspecified atom stereocenters. The molecule has 36 heavy (non-hydrogen) atoms. The average molecular weight is 780 g/mol. The first-order valence-corrected chi connectivity index (χ1v) is 12.2. The fourth-order valence-corrected chi connectivity index (χ4v) is 3.25. The third kappa shape index (κ3) is 25.0. The Morgan fingerprint density at radius 1 is 0.806 bits per heavy atom. The Morgan fingerprint density at radius 2 is 1.08 bits per heavy atom.